The predicted octanol–water partition coefficient (Wildman–Crippen LogP) is -1.67. The van der Waals surface area contributed by atoms with E-state index in [9.17, 15) is 18.0 Å². The molecule has 0 aromatic carbocycles. The molecule has 0 spiro atoms. The average molecular weight is 277 g/mol. The molecule has 3 fully saturated rings. The zero-order valence-electron chi connectivity index (χ0n) is 9.09. The summed E-state index contributed by atoms with van der Waals surface area (Å²) in [4.78, 5) is 24.4. The van der Waals surface area contributed by atoms with E-state index in [1.165, 1.54) is 4.90 Å². The van der Waals surface area contributed by atoms with Crippen molar-refractivity contribution in [3.05, 3.63) is 0 Å². The lowest BCUT2D eigenvalue weighted by Gasteiger charge is -2.27. The average Bonchev–Trinajstić information content (AvgIpc) is 2.95. The van der Waals surface area contributed by atoms with E-state index in [-0.39, 0.29) is 18.4 Å². The molecule has 3 aliphatic rings. The van der Waals surface area contributed by atoms with Crippen molar-refractivity contribution in [2.75, 3.05) is 6.54 Å². The molecule has 0 aromatic rings. The van der Waals surface area contributed by atoms with Crippen LogP contribution in [0.25, 0.3) is 0 Å². The lowest BCUT2D eigenvalue weighted by molar-refractivity contribution is -0.123. The first-order valence-electron chi connectivity index (χ1n) is 5.36. The van der Waals surface area contributed by atoms with E-state index in [0.717, 1.165) is 0 Å². The fourth-order valence-electron chi connectivity index (χ4n) is 2.99. The van der Waals surface area contributed by atoms with Crippen molar-refractivity contribution in [1.29, 1.82) is 0 Å². The normalized spacial score (nSPS) is 37.7. The number of amides is 3. The van der Waals surface area contributed by atoms with Crippen molar-refractivity contribution in [3.63, 3.8) is 0 Å². The maximum absolute atomic E-state index is 11.9. The van der Waals surface area contributed by atoms with Gasteiger partial charge in [0.15, 0.2) is 0 Å². The zero-order valence-corrected chi connectivity index (χ0v) is 9.91. The Balaban J connectivity index is 1.90. The summed E-state index contributed by atoms with van der Waals surface area (Å²) in [7, 11) is -4.76. The fraction of sp³-hybridized carbons (Fsp3) is 0.750. The Hall–Kier alpha value is -1.39. The van der Waals surface area contributed by atoms with Crippen molar-refractivity contribution < 1.29 is 26.8 Å². The number of nitrogens with zero attached hydrogens (tertiary/aromatic N) is 2. The summed E-state index contributed by atoms with van der Waals surface area (Å²) in [5.41, 5.74) is 5.24. The van der Waals surface area contributed by atoms with Gasteiger partial charge in [-0.15, -0.1) is 4.28 Å². The van der Waals surface area contributed by atoms with Gasteiger partial charge < -0.3 is 10.6 Å². The number of carbonyl (C=O) groups excluding carboxylic acids is 2. The first-order valence-corrected chi connectivity index (χ1v) is 6.72. The van der Waals surface area contributed by atoms with Crippen LogP contribution in [0.4, 0.5) is 4.79 Å². The Morgan fingerprint density at radius 3 is 2.67 bits per heavy atom. The van der Waals surface area contributed by atoms with Crippen LogP contribution >= 0.6 is 0 Å². The Bertz CT molecular complexity index is 533. The summed E-state index contributed by atoms with van der Waals surface area (Å²) >= 11 is 0. The highest BCUT2D eigenvalue weighted by molar-refractivity contribution is 7.80. The molecule has 3 rings (SSSR count). The molecule has 3 N–H and O–H groups in total. The minimum Gasteiger partial charge on any atom is -0.368 e. The summed E-state index contributed by atoms with van der Waals surface area (Å²) in [6.07, 6.45) is 0.688. The van der Waals surface area contributed by atoms with Gasteiger partial charge in [0.25, 0.3) is 0 Å². The summed E-state index contributed by atoms with van der Waals surface area (Å²) in [5.74, 6) is -0.657. The molecule has 2 bridgehead atoms. The number of urea groups is 1. The molecular formula is C8H11N3O6S. The van der Waals surface area contributed by atoms with Gasteiger partial charge in [0.1, 0.15) is 6.04 Å². The molecule has 1 aliphatic carbocycles. The number of fused-ring (bicyclic) bond motifs is 4. The summed E-state index contributed by atoms with van der Waals surface area (Å²) in [6.45, 7) is 0.184. The van der Waals surface area contributed by atoms with Crippen molar-refractivity contribution in [2.24, 2.45) is 17.6 Å². The van der Waals surface area contributed by atoms with Gasteiger partial charge in [0.2, 0.25) is 5.91 Å². The molecule has 2 heterocycles. The van der Waals surface area contributed by atoms with E-state index >= 15 is 0 Å². The van der Waals surface area contributed by atoms with Gasteiger partial charge >= 0.3 is 16.4 Å². The van der Waals surface area contributed by atoms with Crippen LogP contribution in [0.3, 0.4) is 0 Å². The number of primary amides is 1. The third kappa shape index (κ3) is 1.56. The predicted molar refractivity (Wildman–Crippen MR) is 54.9 cm³/mol. The second-order valence-corrected chi connectivity index (χ2v) is 5.75. The third-order valence-corrected chi connectivity index (χ3v) is 4.06. The molecular weight excluding hydrogens is 266 g/mol. The van der Waals surface area contributed by atoms with Gasteiger partial charge in [0.05, 0.1) is 6.04 Å². The number of rotatable bonds is 3. The topological polar surface area (TPSA) is 130 Å². The molecule has 4 atom stereocenters. The van der Waals surface area contributed by atoms with Crippen LogP contribution in [-0.2, 0) is 19.5 Å². The smallest absolute Gasteiger partial charge is 0.368 e. The van der Waals surface area contributed by atoms with E-state index in [4.69, 9.17) is 10.3 Å². The number of hydroxylamine groups is 2. The second-order valence-electron chi connectivity index (χ2n) is 4.74. The maximum Gasteiger partial charge on any atom is 0.418 e. The van der Waals surface area contributed by atoms with Crippen molar-refractivity contribution >= 4 is 22.3 Å². The van der Waals surface area contributed by atoms with Crippen LogP contribution < -0.4 is 5.73 Å². The zero-order chi connectivity index (χ0) is 13.2. The Labute approximate surface area is 102 Å². The number of piperidine rings is 1. The van der Waals surface area contributed by atoms with E-state index in [2.05, 4.69) is 4.28 Å². The first kappa shape index (κ1) is 11.7. The number of nitrogens with two attached hydrogens (primary N) is 1. The van der Waals surface area contributed by atoms with Gasteiger partial charge in [-0.05, 0) is 18.3 Å². The van der Waals surface area contributed by atoms with Gasteiger partial charge in [-0.3, -0.25) is 9.35 Å². The molecule has 2 saturated heterocycles. The molecule has 10 heteroatoms. The molecule has 2 unspecified atom stereocenters. The number of hydrogen-bond donors (Lipinski definition) is 2. The molecule has 0 radical (unpaired) electrons. The van der Waals surface area contributed by atoms with Crippen LogP contribution in [0.15, 0.2) is 0 Å². The Morgan fingerprint density at radius 2 is 2.11 bits per heavy atom. The third-order valence-electron chi connectivity index (χ3n) is 3.71. The second kappa shape index (κ2) is 3.33. The van der Waals surface area contributed by atoms with Crippen LogP contribution in [0, 0.1) is 11.8 Å². The van der Waals surface area contributed by atoms with Crippen LogP contribution in [-0.4, -0.2) is 53.5 Å². The lowest BCUT2D eigenvalue weighted by Crippen LogP contribution is -2.49. The van der Waals surface area contributed by atoms with Crippen molar-refractivity contribution in [2.45, 2.75) is 18.5 Å². The SMILES string of the molecule is NC(=O)[C@@H]1C2CC2[C@@H]2CN1C(=O)N2OS(=O)(=O)O. The highest BCUT2D eigenvalue weighted by Gasteiger charge is 2.64. The summed E-state index contributed by atoms with van der Waals surface area (Å²) in [5, 5.41) is 0.628. The number of hydrogen-bond acceptors (Lipinski definition) is 5. The van der Waals surface area contributed by atoms with E-state index in [1.807, 2.05) is 0 Å². The molecule has 18 heavy (non-hydrogen) atoms. The van der Waals surface area contributed by atoms with Crippen LogP contribution in [0.2, 0.25) is 0 Å². The molecule has 100 valence electrons. The lowest BCUT2D eigenvalue weighted by atomic mass is 10.0. The Kier molecular flexibility index (Phi) is 2.17. The summed E-state index contributed by atoms with van der Waals surface area (Å²) < 4.78 is 34.3. The summed E-state index contributed by atoms with van der Waals surface area (Å²) in [6, 6.07) is -1.93. The minimum absolute atomic E-state index is 0.00745. The first-order chi connectivity index (χ1) is 8.29. The van der Waals surface area contributed by atoms with Crippen molar-refractivity contribution in [3.8, 4) is 0 Å². The quantitative estimate of drug-likeness (QED) is 0.593. The standard InChI is InChI=1S/C8H11N3O6S/c9-7(12)6-4-1-3(4)5-2-10(6)8(13)11(5)17-18(14,15)16/h3-6H,1-2H2,(H2,9,12)(H,14,15,16)/t3?,4?,5-,6-/m0/s1. The maximum atomic E-state index is 11.9. The van der Waals surface area contributed by atoms with Crippen molar-refractivity contribution in [1.82, 2.24) is 9.96 Å². The van der Waals surface area contributed by atoms with E-state index < -0.39 is 34.4 Å². The van der Waals surface area contributed by atoms with Crippen LogP contribution in [0.5, 0.6) is 0 Å². The molecule has 3 amide bonds. The van der Waals surface area contributed by atoms with E-state index in [1.54, 1.807) is 0 Å². The highest BCUT2D eigenvalue weighted by atomic mass is 32.3. The molecule has 9 nitrogen and oxygen atoms in total. The highest BCUT2D eigenvalue weighted by Crippen LogP contribution is 2.53. The van der Waals surface area contributed by atoms with Crippen LogP contribution in [0.1, 0.15) is 6.42 Å². The fourth-order valence-corrected chi connectivity index (χ4v) is 3.37. The molecule has 0 aromatic heterocycles. The van der Waals surface area contributed by atoms with E-state index in [0.29, 0.717) is 11.5 Å². The minimum atomic E-state index is -4.76. The largest absolute Gasteiger partial charge is 0.418 e. The molecule has 1 saturated carbocycles. The van der Waals surface area contributed by atoms with Gasteiger partial charge in [-0.1, -0.05) is 0 Å². The Morgan fingerprint density at radius 1 is 1.44 bits per heavy atom. The number of carbonyl (C=O) groups is 2. The van der Waals surface area contributed by atoms with Gasteiger partial charge in [-0.25, -0.2) is 4.79 Å². The molecule has 2 aliphatic heterocycles. The van der Waals surface area contributed by atoms with Gasteiger partial charge in [0, 0.05) is 6.54 Å². The van der Waals surface area contributed by atoms with Gasteiger partial charge in [-0.2, -0.15) is 13.5 Å². The monoisotopic (exact) mass is 277 g/mol.